The van der Waals surface area contributed by atoms with Crippen molar-refractivity contribution in [1.29, 1.82) is 0 Å². The van der Waals surface area contributed by atoms with Gasteiger partial charge in [0.25, 0.3) is 5.56 Å². The van der Waals surface area contributed by atoms with Crippen LogP contribution in [0.15, 0.2) is 35.3 Å². The van der Waals surface area contributed by atoms with Crippen molar-refractivity contribution < 1.29 is 4.74 Å². The number of methoxy groups -OCH3 is 1. The molecule has 0 saturated carbocycles. The molecule has 0 bridgehead atoms. The molecule has 0 saturated heterocycles. The zero-order chi connectivity index (χ0) is 13.8. The van der Waals surface area contributed by atoms with Gasteiger partial charge < -0.3 is 10.1 Å². The molecule has 0 aliphatic carbocycles. The van der Waals surface area contributed by atoms with E-state index >= 15 is 0 Å². The second-order valence-corrected chi connectivity index (χ2v) is 4.04. The van der Waals surface area contributed by atoms with Gasteiger partial charge >= 0.3 is 0 Å². The van der Waals surface area contributed by atoms with Crippen molar-refractivity contribution in [2.24, 2.45) is 0 Å². The Morgan fingerprint density at radius 1 is 1.37 bits per heavy atom. The first-order valence-electron chi connectivity index (χ1n) is 5.82. The molecule has 19 heavy (non-hydrogen) atoms. The molecule has 0 aliphatic heterocycles. The summed E-state index contributed by atoms with van der Waals surface area (Å²) in [5, 5.41) is 6.82. The van der Waals surface area contributed by atoms with Gasteiger partial charge in [0.2, 0.25) is 0 Å². The topological polar surface area (TPSA) is 56.2 Å². The number of nitrogens with one attached hydrogen (secondary N) is 1. The monoisotopic (exact) mass is 255 g/mol. The van der Waals surface area contributed by atoms with Crippen LogP contribution in [-0.4, -0.2) is 31.8 Å². The molecule has 5 nitrogen and oxygen atoms in total. The number of hydrogen-bond acceptors (Lipinski definition) is 4. The van der Waals surface area contributed by atoms with Crippen molar-refractivity contribution in [2.45, 2.75) is 6.54 Å². The van der Waals surface area contributed by atoms with Crippen LogP contribution in [0.3, 0.4) is 0 Å². The van der Waals surface area contributed by atoms with E-state index in [4.69, 9.17) is 12.6 Å². The fourth-order valence-corrected chi connectivity index (χ4v) is 1.77. The summed E-state index contributed by atoms with van der Waals surface area (Å²) >= 11 is 0. The molecule has 1 aromatic heterocycles. The minimum Gasteiger partial charge on any atom is -0.497 e. The van der Waals surface area contributed by atoms with Crippen LogP contribution in [0, 0.1) is 0 Å². The van der Waals surface area contributed by atoms with E-state index in [9.17, 15) is 4.79 Å². The van der Waals surface area contributed by atoms with Gasteiger partial charge in [0, 0.05) is 13.2 Å². The molecule has 0 unspecified atom stereocenters. The average molecular weight is 255 g/mol. The zero-order valence-corrected chi connectivity index (χ0v) is 10.9. The average Bonchev–Trinajstić information content (AvgIpc) is 2.43. The second kappa shape index (κ2) is 5.60. The van der Waals surface area contributed by atoms with Crippen LogP contribution in [0.5, 0.6) is 5.75 Å². The summed E-state index contributed by atoms with van der Waals surface area (Å²) < 4.78 is 6.45. The van der Waals surface area contributed by atoms with Crippen molar-refractivity contribution in [1.82, 2.24) is 9.78 Å². The highest BCUT2D eigenvalue weighted by molar-refractivity contribution is 6.35. The molecule has 96 valence electrons. The van der Waals surface area contributed by atoms with E-state index in [1.807, 2.05) is 24.3 Å². The first kappa shape index (κ1) is 13.2. The second-order valence-electron chi connectivity index (χ2n) is 4.04. The number of anilines is 1. The van der Waals surface area contributed by atoms with E-state index in [0.717, 1.165) is 11.3 Å². The fourth-order valence-electron chi connectivity index (χ4n) is 1.77. The fraction of sp³-hybridized carbons (Fsp3) is 0.231. The van der Waals surface area contributed by atoms with E-state index in [0.29, 0.717) is 17.7 Å². The third-order valence-corrected chi connectivity index (χ3v) is 2.81. The first-order chi connectivity index (χ1) is 9.15. The summed E-state index contributed by atoms with van der Waals surface area (Å²) in [6.07, 6.45) is 1.47. The Bertz CT molecular complexity index is 623. The van der Waals surface area contributed by atoms with E-state index in [1.54, 1.807) is 14.2 Å². The minimum absolute atomic E-state index is 0.238. The molecular formula is C13H14BN3O2. The van der Waals surface area contributed by atoms with Crippen LogP contribution in [0.2, 0.25) is 0 Å². The van der Waals surface area contributed by atoms with E-state index in [2.05, 4.69) is 10.4 Å². The Kier molecular flexibility index (Phi) is 3.89. The maximum Gasteiger partial charge on any atom is 0.289 e. The van der Waals surface area contributed by atoms with Gasteiger partial charge in [0.05, 0.1) is 19.3 Å². The van der Waals surface area contributed by atoms with Crippen LogP contribution < -0.4 is 21.1 Å². The number of hydrogen-bond donors (Lipinski definition) is 1. The summed E-state index contributed by atoms with van der Waals surface area (Å²) in [6.45, 7) is 0.387. The van der Waals surface area contributed by atoms with Gasteiger partial charge in [-0.25, -0.2) is 4.68 Å². The van der Waals surface area contributed by atoms with Gasteiger partial charge in [-0.1, -0.05) is 12.1 Å². The minimum atomic E-state index is -0.238. The third kappa shape index (κ3) is 2.78. The highest BCUT2D eigenvalue weighted by atomic mass is 16.5. The molecule has 0 aliphatic rings. The van der Waals surface area contributed by atoms with Gasteiger partial charge in [-0.2, -0.15) is 5.10 Å². The van der Waals surface area contributed by atoms with Crippen molar-refractivity contribution in [3.05, 3.63) is 46.4 Å². The highest BCUT2D eigenvalue weighted by Gasteiger charge is 2.06. The Hall–Kier alpha value is -2.24. The SMILES string of the molecule is [B]c1cnn(Cc2ccc(OC)cc2)c(=O)c1NC. The lowest BCUT2D eigenvalue weighted by Crippen LogP contribution is -2.31. The molecular weight excluding hydrogens is 241 g/mol. The Morgan fingerprint density at radius 3 is 2.63 bits per heavy atom. The first-order valence-corrected chi connectivity index (χ1v) is 5.82. The third-order valence-electron chi connectivity index (χ3n) is 2.81. The molecule has 0 amide bonds. The molecule has 0 atom stereocenters. The van der Waals surface area contributed by atoms with Crippen molar-refractivity contribution in [3.63, 3.8) is 0 Å². The highest BCUT2D eigenvalue weighted by Crippen LogP contribution is 2.11. The Morgan fingerprint density at radius 2 is 2.05 bits per heavy atom. The molecule has 0 fully saturated rings. The molecule has 6 heteroatoms. The number of rotatable bonds is 4. The van der Waals surface area contributed by atoms with Gasteiger partial charge in [0.15, 0.2) is 0 Å². The predicted molar refractivity (Wildman–Crippen MR) is 75.5 cm³/mol. The summed E-state index contributed by atoms with van der Waals surface area (Å²) in [7, 11) is 8.95. The van der Waals surface area contributed by atoms with E-state index < -0.39 is 0 Å². The Labute approximate surface area is 112 Å². The lowest BCUT2D eigenvalue weighted by molar-refractivity contribution is 0.414. The maximum atomic E-state index is 12.1. The lowest BCUT2D eigenvalue weighted by Gasteiger charge is -2.09. The van der Waals surface area contributed by atoms with Gasteiger partial charge in [-0.3, -0.25) is 4.79 Å². The predicted octanol–water partition coefficient (Wildman–Crippen LogP) is 0.136. The summed E-state index contributed by atoms with van der Waals surface area (Å²) in [6, 6.07) is 7.47. The quantitative estimate of drug-likeness (QED) is 0.789. The number of ether oxygens (including phenoxy) is 1. The molecule has 1 heterocycles. The number of aromatic nitrogens is 2. The molecule has 2 radical (unpaired) electrons. The smallest absolute Gasteiger partial charge is 0.289 e. The van der Waals surface area contributed by atoms with Crippen molar-refractivity contribution >= 4 is 19.0 Å². The van der Waals surface area contributed by atoms with Crippen molar-refractivity contribution in [3.8, 4) is 5.75 Å². The molecule has 1 aromatic carbocycles. The summed E-state index contributed by atoms with van der Waals surface area (Å²) in [5.74, 6) is 0.775. The molecule has 2 rings (SSSR count). The molecule has 1 N–H and O–H groups in total. The normalized spacial score (nSPS) is 10.2. The number of benzene rings is 1. The van der Waals surface area contributed by atoms with Crippen LogP contribution in [0.4, 0.5) is 5.69 Å². The zero-order valence-electron chi connectivity index (χ0n) is 10.9. The van der Waals surface area contributed by atoms with Crippen LogP contribution in [0.1, 0.15) is 5.56 Å². The van der Waals surface area contributed by atoms with Gasteiger partial charge in [-0.05, 0) is 23.2 Å². The van der Waals surface area contributed by atoms with Gasteiger partial charge in [-0.15, -0.1) is 0 Å². The van der Waals surface area contributed by atoms with Crippen molar-refractivity contribution in [2.75, 3.05) is 19.5 Å². The number of nitrogens with zero attached hydrogens (tertiary/aromatic N) is 2. The van der Waals surface area contributed by atoms with Gasteiger partial charge in [0.1, 0.15) is 13.6 Å². The standard InChI is InChI=1S/C13H14BN3O2/c1-15-12-11(14)7-16-17(13(12)18)8-9-3-5-10(19-2)6-4-9/h3-7,15H,8H2,1-2H3. The van der Waals surface area contributed by atoms with E-state index in [1.165, 1.54) is 10.9 Å². The van der Waals surface area contributed by atoms with Crippen LogP contribution in [-0.2, 0) is 6.54 Å². The lowest BCUT2D eigenvalue weighted by atomic mass is 9.97. The van der Waals surface area contributed by atoms with E-state index in [-0.39, 0.29) is 5.56 Å². The Balaban J connectivity index is 2.30. The summed E-state index contributed by atoms with van der Waals surface area (Å²) in [4.78, 5) is 12.1. The van der Waals surface area contributed by atoms with Crippen LogP contribution in [0.25, 0.3) is 0 Å². The largest absolute Gasteiger partial charge is 0.497 e. The summed E-state index contributed by atoms with van der Waals surface area (Å²) in [5.41, 5.74) is 1.43. The van der Waals surface area contributed by atoms with Crippen LogP contribution >= 0.6 is 0 Å². The molecule has 2 aromatic rings. The maximum absolute atomic E-state index is 12.1. The molecule has 0 spiro atoms.